The van der Waals surface area contributed by atoms with Crippen LogP contribution in [-0.2, 0) is 16.9 Å². The lowest BCUT2D eigenvalue weighted by molar-refractivity contribution is -0.184. The Morgan fingerprint density at radius 3 is 2.06 bits per heavy atom. The molecule has 1 aromatic heterocycles. The van der Waals surface area contributed by atoms with Crippen molar-refractivity contribution in [3.8, 4) is 0 Å². The third-order valence-electron chi connectivity index (χ3n) is 7.25. The Morgan fingerprint density at radius 2 is 1.68 bits per heavy atom. The summed E-state index contributed by atoms with van der Waals surface area (Å²) in [5.41, 5.74) is -5.21. The number of rotatable bonds is 4. The fraction of sp³-hybridized carbons (Fsp3) is 0.720. The summed E-state index contributed by atoms with van der Waals surface area (Å²) in [6.45, 7) is 15.4. The average molecular weight is 547 g/mol. The smallest absolute Gasteiger partial charge is 0.407 e. The number of carbonyl (C=O) groups is 2. The van der Waals surface area contributed by atoms with Gasteiger partial charge in [0.2, 0.25) is 0 Å². The van der Waals surface area contributed by atoms with Gasteiger partial charge >= 0.3 is 12.1 Å². The lowest BCUT2D eigenvalue weighted by Gasteiger charge is -2.60. The van der Waals surface area contributed by atoms with Gasteiger partial charge in [0.15, 0.2) is 5.82 Å². The van der Waals surface area contributed by atoms with Gasteiger partial charge in [-0.05, 0) is 59.5 Å². The molecular formula is C25H37BrF2N2O4. The minimum Gasteiger partial charge on any atom is -0.481 e. The molecule has 0 bridgehead atoms. The van der Waals surface area contributed by atoms with Crippen molar-refractivity contribution in [2.24, 2.45) is 28.1 Å². The highest BCUT2D eigenvalue weighted by Gasteiger charge is 2.64. The molecule has 0 aromatic carbocycles. The van der Waals surface area contributed by atoms with Crippen molar-refractivity contribution < 1.29 is 28.6 Å². The third kappa shape index (κ3) is 5.09. The van der Waals surface area contributed by atoms with Crippen LogP contribution in [0.3, 0.4) is 0 Å². The normalized spacial score (nSPS) is 26.5. The molecule has 9 heteroatoms. The second-order valence-corrected chi connectivity index (χ2v) is 13.0. The van der Waals surface area contributed by atoms with Gasteiger partial charge < -0.3 is 15.1 Å². The van der Waals surface area contributed by atoms with Gasteiger partial charge in [0.1, 0.15) is 10.3 Å². The van der Waals surface area contributed by atoms with Crippen LogP contribution >= 0.6 is 15.9 Å². The Kier molecular flexibility index (Phi) is 7.56. The van der Waals surface area contributed by atoms with E-state index in [1.165, 1.54) is 24.8 Å². The van der Waals surface area contributed by atoms with Crippen LogP contribution < -0.4 is 0 Å². The van der Waals surface area contributed by atoms with Gasteiger partial charge in [0.05, 0.1) is 11.1 Å². The number of nitrogens with zero attached hydrogens (tertiary/aromatic N) is 2. The number of amides is 1. The van der Waals surface area contributed by atoms with Gasteiger partial charge in [-0.2, -0.15) is 0 Å². The summed E-state index contributed by atoms with van der Waals surface area (Å²) in [5, 5.41) is 20.8. The molecule has 1 aliphatic rings. The highest BCUT2D eigenvalue weighted by molar-refractivity contribution is 9.10. The first kappa shape index (κ1) is 28.5. The molecule has 2 rings (SSSR count). The number of likely N-dealkylation sites (tertiary alicyclic amines) is 1. The number of aliphatic carboxylic acids is 1. The zero-order valence-corrected chi connectivity index (χ0v) is 23.0. The van der Waals surface area contributed by atoms with Crippen molar-refractivity contribution in [2.75, 3.05) is 6.54 Å². The highest BCUT2D eigenvalue weighted by atomic mass is 79.9. The number of alkyl halides is 1. The molecule has 1 aromatic rings. The Labute approximate surface area is 209 Å². The van der Waals surface area contributed by atoms with Crippen LogP contribution in [-0.4, -0.2) is 44.7 Å². The van der Waals surface area contributed by atoms with Crippen molar-refractivity contribution in [3.63, 3.8) is 0 Å². The number of pyridine rings is 1. The van der Waals surface area contributed by atoms with E-state index < -0.39 is 57.7 Å². The van der Waals surface area contributed by atoms with Gasteiger partial charge in [-0.15, -0.1) is 0 Å². The lowest BCUT2D eigenvalue weighted by Crippen LogP contribution is -2.68. The molecule has 192 valence electrons. The number of carboxylic acids is 1. The summed E-state index contributed by atoms with van der Waals surface area (Å²) >= 11 is 3.23. The Morgan fingerprint density at radius 1 is 1.15 bits per heavy atom. The maximum atomic E-state index is 15.7. The van der Waals surface area contributed by atoms with Crippen molar-refractivity contribution >= 4 is 28.0 Å². The summed E-state index contributed by atoms with van der Waals surface area (Å²) in [4.78, 5) is 31.0. The molecule has 34 heavy (non-hydrogen) atoms. The molecular weight excluding hydrogens is 510 g/mol. The Balaban J connectivity index is 2.92. The predicted molar refractivity (Wildman–Crippen MR) is 130 cm³/mol. The topological polar surface area (TPSA) is 90.7 Å². The summed E-state index contributed by atoms with van der Waals surface area (Å²) in [6, 6.07) is 0.615. The van der Waals surface area contributed by atoms with Crippen molar-refractivity contribution in [1.82, 2.24) is 9.88 Å². The second kappa shape index (κ2) is 9.03. The maximum Gasteiger partial charge on any atom is 0.407 e. The SMILES string of the molecule is C[C@@H]1C(C(C)(C)C)[C@](Cc2nc(Br)cc(C(C)(C)F)c2F)(C(=O)O)C(C(C)(C)C)CN1C(=O)O. The first-order valence-electron chi connectivity index (χ1n) is 11.4. The Bertz CT molecular complexity index is 965. The van der Waals surface area contributed by atoms with Crippen molar-refractivity contribution in [3.05, 3.63) is 27.7 Å². The minimum atomic E-state index is -2.01. The van der Waals surface area contributed by atoms with E-state index in [2.05, 4.69) is 20.9 Å². The van der Waals surface area contributed by atoms with Crippen LogP contribution in [0, 0.1) is 33.9 Å². The number of halogens is 3. The molecule has 0 spiro atoms. The molecule has 2 heterocycles. The van der Waals surface area contributed by atoms with Crippen LogP contribution in [0.25, 0.3) is 0 Å². The molecule has 1 amide bonds. The summed E-state index contributed by atoms with van der Waals surface area (Å²) in [7, 11) is 0. The molecule has 4 atom stereocenters. The monoisotopic (exact) mass is 546 g/mol. The molecule has 2 N–H and O–H groups in total. The number of hydrogen-bond acceptors (Lipinski definition) is 3. The minimum absolute atomic E-state index is 0.0179. The highest BCUT2D eigenvalue weighted by Crippen LogP contribution is 2.58. The molecule has 0 aliphatic carbocycles. The first-order valence-corrected chi connectivity index (χ1v) is 12.2. The average Bonchev–Trinajstić information content (AvgIpc) is 2.60. The van der Waals surface area contributed by atoms with Gasteiger partial charge in [0, 0.05) is 30.5 Å². The van der Waals surface area contributed by atoms with E-state index in [1.807, 2.05) is 41.5 Å². The van der Waals surface area contributed by atoms with E-state index >= 15 is 4.39 Å². The molecule has 0 radical (unpaired) electrons. The largest absolute Gasteiger partial charge is 0.481 e. The van der Waals surface area contributed by atoms with Crippen LogP contribution in [0.5, 0.6) is 0 Å². The fourth-order valence-electron chi connectivity index (χ4n) is 6.11. The lowest BCUT2D eigenvalue weighted by atomic mass is 9.48. The van der Waals surface area contributed by atoms with Crippen molar-refractivity contribution in [2.45, 2.75) is 80.4 Å². The number of piperidine rings is 1. The predicted octanol–water partition coefficient (Wildman–Crippen LogP) is 6.51. The van der Waals surface area contributed by atoms with Crippen LogP contribution in [0.15, 0.2) is 10.7 Å². The van der Waals surface area contributed by atoms with Crippen LogP contribution in [0.4, 0.5) is 13.6 Å². The molecule has 6 nitrogen and oxygen atoms in total. The van der Waals surface area contributed by atoms with Gasteiger partial charge in [-0.3, -0.25) is 4.79 Å². The standard InChI is InChI=1S/C25H37BrF2N2O4/c1-13-19(23(5,6)7)25(20(31)32,16(22(2,3)4)12-30(13)21(33)34)11-15-18(27)14(24(8,9)28)10-17(26)29-15/h10,13,16,19H,11-12H2,1-9H3,(H,31,32)(H,33,34)/t13-,16?,19?,25-/m1/s1. The summed E-state index contributed by atoms with van der Waals surface area (Å²) in [5.74, 6) is -3.36. The van der Waals surface area contributed by atoms with E-state index in [1.54, 1.807) is 6.92 Å². The number of carboxylic acid groups (broad SMARTS) is 2. The van der Waals surface area contributed by atoms with Crippen LogP contribution in [0.1, 0.15) is 73.6 Å². The Hall–Kier alpha value is -1.77. The van der Waals surface area contributed by atoms with E-state index in [-0.39, 0.29) is 28.8 Å². The second-order valence-electron chi connectivity index (χ2n) is 12.2. The van der Waals surface area contributed by atoms with Gasteiger partial charge in [-0.25, -0.2) is 18.6 Å². The molecule has 1 aliphatic heterocycles. The quantitative estimate of drug-likeness (QED) is 0.420. The molecule has 2 unspecified atom stereocenters. The molecule has 1 saturated heterocycles. The fourth-order valence-corrected chi connectivity index (χ4v) is 6.56. The summed E-state index contributed by atoms with van der Waals surface area (Å²) < 4.78 is 30.7. The van der Waals surface area contributed by atoms with E-state index in [4.69, 9.17) is 0 Å². The van der Waals surface area contributed by atoms with Crippen molar-refractivity contribution in [1.29, 1.82) is 0 Å². The molecule has 1 fully saturated rings. The molecule has 0 saturated carbocycles. The van der Waals surface area contributed by atoms with E-state index in [0.29, 0.717) is 0 Å². The first-order chi connectivity index (χ1) is 15.2. The zero-order chi connectivity index (χ0) is 26.6. The van der Waals surface area contributed by atoms with E-state index in [9.17, 15) is 24.2 Å². The van der Waals surface area contributed by atoms with Crippen LogP contribution in [0.2, 0.25) is 0 Å². The summed E-state index contributed by atoms with van der Waals surface area (Å²) in [6.07, 6.45) is -1.42. The number of hydrogen-bond donors (Lipinski definition) is 2. The maximum absolute atomic E-state index is 15.7. The zero-order valence-electron chi connectivity index (χ0n) is 21.5. The van der Waals surface area contributed by atoms with Gasteiger partial charge in [-0.1, -0.05) is 41.5 Å². The van der Waals surface area contributed by atoms with E-state index in [0.717, 1.165) is 0 Å². The van der Waals surface area contributed by atoms with Gasteiger partial charge in [0.25, 0.3) is 0 Å². The number of aromatic nitrogens is 1. The third-order valence-corrected chi connectivity index (χ3v) is 7.65.